The van der Waals surface area contributed by atoms with Crippen LogP contribution >= 0.6 is 0 Å². The van der Waals surface area contributed by atoms with Crippen molar-refractivity contribution in [2.24, 2.45) is 5.92 Å². The second kappa shape index (κ2) is 6.10. The molecule has 0 amide bonds. The molecule has 1 fully saturated rings. The summed E-state index contributed by atoms with van der Waals surface area (Å²) in [5.41, 5.74) is 0.788. The third-order valence-electron chi connectivity index (χ3n) is 4.72. The zero-order valence-electron chi connectivity index (χ0n) is 13.9. The van der Waals surface area contributed by atoms with Crippen LogP contribution in [0.2, 0.25) is 18.1 Å². The molecule has 122 valence electrons. The minimum Gasteiger partial charge on any atom is -0.481 e. The minimum absolute atomic E-state index is 0.0302. The first-order valence-electron chi connectivity index (χ1n) is 7.55. The van der Waals surface area contributed by atoms with Gasteiger partial charge in [0.1, 0.15) is 5.92 Å². The van der Waals surface area contributed by atoms with E-state index in [1.54, 1.807) is 18.5 Å². The van der Waals surface area contributed by atoms with E-state index in [9.17, 15) is 9.90 Å². The van der Waals surface area contributed by atoms with E-state index in [0.717, 1.165) is 5.56 Å². The van der Waals surface area contributed by atoms with Gasteiger partial charge in [0.25, 0.3) is 0 Å². The van der Waals surface area contributed by atoms with E-state index in [-0.39, 0.29) is 5.04 Å². The molecular formula is C16H25NO4Si. The second-order valence-corrected chi connectivity index (χ2v) is 12.1. The summed E-state index contributed by atoms with van der Waals surface area (Å²) in [7, 11) is -2.05. The zero-order chi connectivity index (χ0) is 16.5. The molecule has 6 heteroatoms. The first kappa shape index (κ1) is 17.1. The van der Waals surface area contributed by atoms with E-state index < -0.39 is 32.4 Å². The van der Waals surface area contributed by atoms with Gasteiger partial charge in [-0.3, -0.25) is 9.78 Å². The normalized spacial score (nSPS) is 26.1. The van der Waals surface area contributed by atoms with Gasteiger partial charge < -0.3 is 14.3 Å². The second-order valence-electron chi connectivity index (χ2n) is 7.32. The molecule has 0 saturated carbocycles. The number of aromatic nitrogens is 1. The molecule has 3 unspecified atom stereocenters. The molecule has 0 radical (unpaired) electrons. The summed E-state index contributed by atoms with van der Waals surface area (Å²) in [6.07, 6.45) is 2.41. The lowest BCUT2D eigenvalue weighted by Crippen LogP contribution is -2.47. The number of aliphatic carboxylic acids is 1. The van der Waals surface area contributed by atoms with Gasteiger partial charge >= 0.3 is 5.97 Å². The van der Waals surface area contributed by atoms with Crippen molar-refractivity contribution in [2.45, 2.75) is 51.1 Å². The number of nitrogens with zero attached hydrogens (tertiary/aromatic N) is 1. The van der Waals surface area contributed by atoms with Crippen molar-refractivity contribution in [1.29, 1.82) is 0 Å². The number of pyridine rings is 1. The SMILES string of the molecule is CC(C)(C)[Si](C)(C)OC1COC(c2cccnc2)C1C(=O)O. The Balaban J connectivity index is 2.22. The van der Waals surface area contributed by atoms with Gasteiger partial charge in [-0.1, -0.05) is 26.8 Å². The number of carbonyl (C=O) groups is 1. The highest BCUT2D eigenvalue weighted by atomic mass is 28.4. The largest absolute Gasteiger partial charge is 0.481 e. The molecular weight excluding hydrogens is 298 g/mol. The Morgan fingerprint density at radius 2 is 2.14 bits per heavy atom. The van der Waals surface area contributed by atoms with Gasteiger partial charge in [-0.25, -0.2) is 0 Å². The molecule has 22 heavy (non-hydrogen) atoms. The van der Waals surface area contributed by atoms with Crippen molar-refractivity contribution in [3.63, 3.8) is 0 Å². The molecule has 1 aliphatic heterocycles. The molecule has 1 saturated heterocycles. The van der Waals surface area contributed by atoms with Crippen LogP contribution in [0.4, 0.5) is 0 Å². The molecule has 0 aliphatic carbocycles. The molecule has 1 aromatic heterocycles. The van der Waals surface area contributed by atoms with E-state index >= 15 is 0 Å². The van der Waals surface area contributed by atoms with Gasteiger partial charge in [0.2, 0.25) is 0 Å². The van der Waals surface area contributed by atoms with Gasteiger partial charge in [0.05, 0.1) is 18.8 Å². The Morgan fingerprint density at radius 1 is 1.45 bits per heavy atom. The Hall–Kier alpha value is -1.24. The van der Waals surface area contributed by atoms with Crippen LogP contribution in [0.5, 0.6) is 0 Å². The van der Waals surface area contributed by atoms with Gasteiger partial charge in [-0.05, 0) is 24.2 Å². The topological polar surface area (TPSA) is 68.7 Å². The average molecular weight is 323 g/mol. The highest BCUT2D eigenvalue weighted by Gasteiger charge is 2.48. The molecule has 5 nitrogen and oxygen atoms in total. The number of carboxylic acids is 1. The monoisotopic (exact) mass is 323 g/mol. The van der Waals surface area contributed by atoms with Crippen molar-refractivity contribution in [1.82, 2.24) is 4.98 Å². The van der Waals surface area contributed by atoms with Crippen LogP contribution in [0.25, 0.3) is 0 Å². The van der Waals surface area contributed by atoms with Crippen LogP contribution in [0.1, 0.15) is 32.4 Å². The Bertz CT molecular complexity index is 527. The maximum absolute atomic E-state index is 11.8. The predicted molar refractivity (Wildman–Crippen MR) is 86.1 cm³/mol. The third-order valence-corrected chi connectivity index (χ3v) is 9.22. The van der Waals surface area contributed by atoms with Crippen molar-refractivity contribution >= 4 is 14.3 Å². The Labute approximate surface area is 132 Å². The molecule has 0 spiro atoms. The summed E-state index contributed by atoms with van der Waals surface area (Å²) in [5, 5.41) is 9.68. The smallest absolute Gasteiger partial charge is 0.312 e. The summed E-state index contributed by atoms with van der Waals surface area (Å²) >= 11 is 0. The maximum atomic E-state index is 11.8. The molecule has 2 heterocycles. The van der Waals surface area contributed by atoms with Crippen LogP contribution in [0, 0.1) is 5.92 Å². The first-order chi connectivity index (χ1) is 10.1. The fraction of sp³-hybridized carbons (Fsp3) is 0.625. The molecule has 1 N–H and O–H groups in total. The minimum atomic E-state index is -2.05. The van der Waals surface area contributed by atoms with Crippen LogP contribution in [0.15, 0.2) is 24.5 Å². The number of hydrogen-bond acceptors (Lipinski definition) is 4. The summed E-state index contributed by atoms with van der Waals surface area (Å²) < 4.78 is 12.1. The quantitative estimate of drug-likeness (QED) is 0.862. The van der Waals surface area contributed by atoms with Crippen LogP contribution < -0.4 is 0 Å². The molecule has 0 aromatic carbocycles. The Morgan fingerprint density at radius 3 is 2.64 bits per heavy atom. The number of hydrogen-bond donors (Lipinski definition) is 1. The lowest BCUT2D eigenvalue weighted by molar-refractivity contribution is -0.145. The summed E-state index contributed by atoms with van der Waals surface area (Å²) in [4.78, 5) is 15.8. The van der Waals surface area contributed by atoms with Crippen molar-refractivity contribution in [2.75, 3.05) is 6.61 Å². The van der Waals surface area contributed by atoms with Crippen molar-refractivity contribution < 1.29 is 19.1 Å². The van der Waals surface area contributed by atoms with Crippen molar-refractivity contribution in [3.05, 3.63) is 30.1 Å². The van der Waals surface area contributed by atoms with E-state index in [1.807, 2.05) is 6.07 Å². The van der Waals surface area contributed by atoms with E-state index in [2.05, 4.69) is 38.8 Å². The summed E-state index contributed by atoms with van der Waals surface area (Å²) in [6, 6.07) is 3.64. The highest BCUT2D eigenvalue weighted by Crippen LogP contribution is 2.42. The van der Waals surface area contributed by atoms with Crippen molar-refractivity contribution in [3.8, 4) is 0 Å². The number of ether oxygens (including phenoxy) is 1. The van der Waals surface area contributed by atoms with Gasteiger partial charge in [0, 0.05) is 18.0 Å². The van der Waals surface area contributed by atoms with Crippen LogP contribution in [0.3, 0.4) is 0 Å². The average Bonchev–Trinajstić information content (AvgIpc) is 2.81. The van der Waals surface area contributed by atoms with Crippen LogP contribution in [-0.4, -0.2) is 37.1 Å². The van der Waals surface area contributed by atoms with E-state index in [1.165, 1.54) is 0 Å². The van der Waals surface area contributed by atoms with E-state index in [4.69, 9.17) is 9.16 Å². The number of carboxylic acid groups (broad SMARTS) is 1. The number of rotatable bonds is 4. The molecule has 1 aromatic rings. The van der Waals surface area contributed by atoms with Crippen LogP contribution in [-0.2, 0) is 14.0 Å². The fourth-order valence-electron chi connectivity index (χ4n) is 2.40. The lowest BCUT2D eigenvalue weighted by Gasteiger charge is -2.39. The summed E-state index contributed by atoms with van der Waals surface area (Å²) in [5.74, 6) is -1.58. The van der Waals surface area contributed by atoms with Gasteiger partial charge in [-0.15, -0.1) is 0 Å². The first-order valence-corrected chi connectivity index (χ1v) is 10.5. The predicted octanol–water partition coefficient (Wildman–Crippen LogP) is 3.24. The Kier molecular flexibility index (Phi) is 4.75. The molecule has 1 aliphatic rings. The zero-order valence-corrected chi connectivity index (χ0v) is 14.9. The third kappa shape index (κ3) is 3.39. The summed E-state index contributed by atoms with van der Waals surface area (Å²) in [6.45, 7) is 11.0. The van der Waals surface area contributed by atoms with E-state index in [0.29, 0.717) is 6.61 Å². The molecule has 3 atom stereocenters. The van der Waals surface area contributed by atoms with Gasteiger partial charge in [-0.2, -0.15) is 0 Å². The molecule has 0 bridgehead atoms. The van der Waals surface area contributed by atoms with Gasteiger partial charge in [0.15, 0.2) is 8.32 Å². The lowest BCUT2D eigenvalue weighted by atomic mass is 9.95. The fourth-order valence-corrected chi connectivity index (χ4v) is 3.72. The highest BCUT2D eigenvalue weighted by molar-refractivity contribution is 6.74. The maximum Gasteiger partial charge on any atom is 0.312 e. The standard InChI is InChI=1S/C16H25NO4Si/c1-16(2,3)22(4,5)21-12-10-20-14(13(12)15(18)19)11-7-6-8-17-9-11/h6-9,12-14H,10H2,1-5H3,(H,18,19). The molecule has 2 rings (SSSR count).